The number of halogens is 7. The number of ether oxygens (including phenoxy) is 3. The minimum atomic E-state index is -6.73. The van der Waals surface area contributed by atoms with Crippen LogP contribution in [-0.2, 0) is 33.9 Å². The van der Waals surface area contributed by atoms with Gasteiger partial charge in [-0.1, -0.05) is 13.2 Å². The van der Waals surface area contributed by atoms with Crippen molar-refractivity contribution in [1.29, 1.82) is 0 Å². The quantitative estimate of drug-likeness (QED) is 0.0804. The molecule has 0 aliphatic heterocycles. The molecule has 0 aromatic heterocycles. The second-order valence-corrected chi connectivity index (χ2v) is 6.71. The molecular formula is C14H14F7O8S-. The number of unbranched alkanes of at least 4 members (excludes halogenated alkanes) is 1. The van der Waals surface area contributed by atoms with Gasteiger partial charge in [-0.05, 0) is 12.8 Å². The van der Waals surface area contributed by atoms with Crippen molar-refractivity contribution in [3.63, 3.8) is 0 Å². The van der Waals surface area contributed by atoms with Crippen molar-refractivity contribution < 1.29 is 67.5 Å². The third kappa shape index (κ3) is 6.15. The van der Waals surface area contributed by atoms with Gasteiger partial charge in [0.1, 0.15) is 0 Å². The summed E-state index contributed by atoms with van der Waals surface area (Å²) >= 11 is 0. The Balaban J connectivity index is 5.36. The number of hydrogen-bond donors (Lipinski definition) is 0. The molecule has 0 aliphatic rings. The van der Waals surface area contributed by atoms with Crippen LogP contribution in [0.3, 0.4) is 0 Å². The minimum absolute atomic E-state index is 0.233. The van der Waals surface area contributed by atoms with Crippen LogP contribution in [0.2, 0.25) is 0 Å². The number of esters is 2. The molecule has 174 valence electrons. The van der Waals surface area contributed by atoms with Crippen LogP contribution >= 0.6 is 0 Å². The third-order valence-corrected chi connectivity index (χ3v) is 4.10. The lowest BCUT2D eigenvalue weighted by molar-refractivity contribution is -0.353. The monoisotopic (exact) mass is 475 g/mol. The average molecular weight is 475 g/mol. The number of hydrogen-bond acceptors (Lipinski definition) is 8. The van der Waals surface area contributed by atoms with E-state index < -0.39 is 71.1 Å². The first-order chi connectivity index (χ1) is 13.4. The maximum Gasteiger partial charge on any atom is 0.468 e. The zero-order valence-electron chi connectivity index (χ0n) is 14.7. The number of carbonyl (C=O) groups is 2. The van der Waals surface area contributed by atoms with E-state index in [0.717, 1.165) is 0 Å². The molecular weight excluding hydrogens is 461 g/mol. The Morgan fingerprint density at radius 1 is 1.00 bits per heavy atom. The zero-order valence-corrected chi connectivity index (χ0v) is 15.5. The van der Waals surface area contributed by atoms with E-state index in [9.17, 15) is 53.3 Å². The lowest BCUT2D eigenvalue weighted by Gasteiger charge is -2.31. The molecule has 0 rings (SSSR count). The summed E-state index contributed by atoms with van der Waals surface area (Å²) in [5.41, 5.74) is 0. The molecule has 0 aliphatic carbocycles. The zero-order chi connectivity index (χ0) is 24.0. The van der Waals surface area contributed by atoms with E-state index in [1.54, 1.807) is 0 Å². The molecule has 0 heterocycles. The Morgan fingerprint density at radius 3 is 1.93 bits per heavy atom. The molecule has 0 N–H and O–H groups in total. The second kappa shape index (κ2) is 9.74. The molecule has 8 nitrogen and oxygen atoms in total. The summed E-state index contributed by atoms with van der Waals surface area (Å²) in [5, 5.41) is -5.97. The molecule has 0 radical (unpaired) electrons. The predicted molar refractivity (Wildman–Crippen MR) is 80.8 cm³/mol. The van der Waals surface area contributed by atoms with Crippen LogP contribution in [0.5, 0.6) is 0 Å². The fraction of sp³-hybridized carbons (Fsp3) is 0.571. The number of rotatable bonds is 12. The highest BCUT2D eigenvalue weighted by atomic mass is 32.2. The summed E-state index contributed by atoms with van der Waals surface area (Å²) in [5.74, 6) is -13.8. The highest BCUT2D eigenvalue weighted by molar-refractivity contribution is 7.86. The van der Waals surface area contributed by atoms with Crippen molar-refractivity contribution >= 4 is 22.1 Å². The lowest BCUT2D eigenvalue weighted by atomic mass is 10.1. The topological polar surface area (TPSA) is 119 Å². The third-order valence-electron chi connectivity index (χ3n) is 3.17. The van der Waals surface area contributed by atoms with Gasteiger partial charge < -0.3 is 18.8 Å². The highest BCUT2D eigenvalue weighted by Crippen LogP contribution is 2.42. The Bertz CT molecular complexity index is 763. The van der Waals surface area contributed by atoms with Crippen molar-refractivity contribution in [2.24, 2.45) is 0 Å². The van der Waals surface area contributed by atoms with Crippen molar-refractivity contribution in [3.8, 4) is 0 Å². The average Bonchev–Trinajstić information content (AvgIpc) is 2.57. The largest absolute Gasteiger partial charge is 0.743 e. The van der Waals surface area contributed by atoms with Gasteiger partial charge >= 0.3 is 35.1 Å². The summed E-state index contributed by atoms with van der Waals surface area (Å²) < 4.78 is 135. The van der Waals surface area contributed by atoms with E-state index in [1.165, 1.54) is 0 Å². The van der Waals surface area contributed by atoms with Crippen LogP contribution in [-0.4, -0.2) is 54.7 Å². The molecule has 0 fully saturated rings. The Labute approximate surface area is 165 Å². The van der Waals surface area contributed by atoms with Gasteiger partial charge in [-0.3, -0.25) is 0 Å². The fourth-order valence-corrected chi connectivity index (χ4v) is 2.18. The van der Waals surface area contributed by atoms with E-state index >= 15 is 0 Å². The smallest absolute Gasteiger partial charge is 0.468 e. The molecule has 0 aromatic carbocycles. The summed E-state index contributed by atoms with van der Waals surface area (Å²) in [7, 11) is -6.73. The molecule has 0 amide bonds. The van der Waals surface area contributed by atoms with Crippen LogP contribution in [0, 0.1) is 0 Å². The molecule has 0 aromatic rings. The second-order valence-electron chi connectivity index (χ2n) is 5.29. The van der Waals surface area contributed by atoms with Crippen LogP contribution in [0.25, 0.3) is 0 Å². The number of alkyl halides is 7. The van der Waals surface area contributed by atoms with Gasteiger partial charge in [-0.15, -0.1) is 0 Å². The van der Waals surface area contributed by atoms with E-state index in [4.69, 9.17) is 0 Å². The molecule has 0 saturated heterocycles. The summed E-state index contributed by atoms with van der Waals surface area (Å²) in [6, 6.07) is 0. The first kappa shape index (κ1) is 27.8. The Morgan fingerprint density at radius 2 is 1.53 bits per heavy atom. The molecule has 16 heteroatoms. The van der Waals surface area contributed by atoms with E-state index in [0.29, 0.717) is 0 Å². The van der Waals surface area contributed by atoms with Crippen LogP contribution in [0.15, 0.2) is 25.5 Å². The molecule has 0 saturated carbocycles. The van der Waals surface area contributed by atoms with Crippen LogP contribution < -0.4 is 0 Å². The van der Waals surface area contributed by atoms with E-state index in [2.05, 4.69) is 27.4 Å². The number of carbonyl (C=O) groups excluding carboxylic acids is 2. The van der Waals surface area contributed by atoms with Crippen molar-refractivity contribution in [1.82, 2.24) is 0 Å². The van der Waals surface area contributed by atoms with Gasteiger partial charge in [0.15, 0.2) is 10.1 Å². The molecule has 0 spiro atoms. The summed E-state index contributed by atoms with van der Waals surface area (Å²) in [6.45, 7) is 4.36. The van der Waals surface area contributed by atoms with Crippen LogP contribution in [0.4, 0.5) is 30.7 Å². The molecule has 0 bridgehead atoms. The van der Waals surface area contributed by atoms with E-state index in [1.807, 2.05) is 0 Å². The minimum Gasteiger partial charge on any atom is -0.743 e. The summed E-state index contributed by atoms with van der Waals surface area (Å²) in [6.07, 6.45) is -9.20. The normalized spacial score (nSPS) is 15.1. The first-order valence-electron chi connectivity index (χ1n) is 7.48. The van der Waals surface area contributed by atoms with Gasteiger partial charge in [-0.25, -0.2) is 18.0 Å². The standard InChI is InChI=1S/C14H15F7O8S/c1-3-9(22)29-12(13(17,18)19,10(23)27-4-2)28-8-6-5-7-11(15,16)14(20,21)30(24,25)26/h3-4H,1-2,5-8H2,(H,24,25,26)/p-1. The van der Waals surface area contributed by atoms with Gasteiger partial charge in [0.25, 0.3) is 0 Å². The molecule has 30 heavy (non-hydrogen) atoms. The first-order valence-corrected chi connectivity index (χ1v) is 8.89. The molecule has 1 atom stereocenters. The summed E-state index contributed by atoms with van der Waals surface area (Å²) in [4.78, 5) is 22.8. The lowest BCUT2D eigenvalue weighted by Crippen LogP contribution is -2.57. The molecule has 1 unspecified atom stereocenters. The maximum absolute atomic E-state index is 13.3. The van der Waals surface area contributed by atoms with Gasteiger partial charge in [0, 0.05) is 12.5 Å². The van der Waals surface area contributed by atoms with Crippen LogP contribution in [0.1, 0.15) is 19.3 Å². The Hall–Kier alpha value is -2.20. The van der Waals surface area contributed by atoms with E-state index in [-0.39, 0.29) is 12.3 Å². The van der Waals surface area contributed by atoms with Crippen molar-refractivity contribution in [3.05, 3.63) is 25.5 Å². The Kier molecular flexibility index (Phi) is 9.02. The maximum atomic E-state index is 13.3. The SMILES string of the molecule is C=COC(=O)C(OCCCCC(F)(F)C(F)(F)S(=O)(=O)[O-])(OC(=O)C=C)C(F)(F)F. The van der Waals surface area contributed by atoms with Crippen molar-refractivity contribution in [2.45, 2.75) is 42.4 Å². The highest BCUT2D eigenvalue weighted by Gasteiger charge is 2.67. The van der Waals surface area contributed by atoms with Gasteiger partial charge in [0.05, 0.1) is 12.9 Å². The van der Waals surface area contributed by atoms with Crippen molar-refractivity contribution in [2.75, 3.05) is 6.61 Å². The predicted octanol–water partition coefficient (Wildman–Crippen LogP) is 2.62. The van der Waals surface area contributed by atoms with Gasteiger partial charge in [0.2, 0.25) is 0 Å². The van der Waals surface area contributed by atoms with Gasteiger partial charge in [-0.2, -0.15) is 30.7 Å². The fourth-order valence-electron chi connectivity index (χ4n) is 1.72.